The standard InChI is InChI=1S/C11H14BrFO/c1-3-7-11(2,14)8-5-4-6-9(12)10(8)13/h4-6,14H,3,7H2,1-2H3. The molecule has 0 amide bonds. The molecule has 78 valence electrons. The largest absolute Gasteiger partial charge is 0.385 e. The molecular weight excluding hydrogens is 247 g/mol. The molecule has 0 saturated heterocycles. The van der Waals surface area contributed by atoms with E-state index in [1.54, 1.807) is 25.1 Å². The number of hydrogen-bond donors (Lipinski definition) is 1. The minimum Gasteiger partial charge on any atom is -0.385 e. The number of halogens is 2. The maximum absolute atomic E-state index is 13.6. The molecule has 1 aromatic carbocycles. The van der Waals surface area contributed by atoms with Crippen LogP contribution < -0.4 is 0 Å². The lowest BCUT2D eigenvalue weighted by Crippen LogP contribution is -2.22. The summed E-state index contributed by atoms with van der Waals surface area (Å²) in [5.41, 5.74) is -0.725. The Morgan fingerprint density at radius 1 is 1.50 bits per heavy atom. The van der Waals surface area contributed by atoms with Crippen LogP contribution in [0.1, 0.15) is 32.3 Å². The molecule has 0 spiro atoms. The van der Waals surface area contributed by atoms with Gasteiger partial charge in [-0.15, -0.1) is 0 Å². The van der Waals surface area contributed by atoms with Crippen molar-refractivity contribution in [2.75, 3.05) is 0 Å². The molecule has 1 N–H and O–H groups in total. The van der Waals surface area contributed by atoms with Gasteiger partial charge in [-0.2, -0.15) is 0 Å². The molecule has 0 aliphatic heterocycles. The molecule has 0 bridgehead atoms. The molecule has 1 atom stereocenters. The second-order valence-electron chi connectivity index (χ2n) is 3.63. The van der Waals surface area contributed by atoms with Gasteiger partial charge in [0.15, 0.2) is 0 Å². The highest BCUT2D eigenvalue weighted by atomic mass is 79.9. The molecule has 1 nitrogen and oxygen atoms in total. The highest BCUT2D eigenvalue weighted by Gasteiger charge is 2.26. The Bertz CT molecular complexity index is 323. The molecule has 1 aromatic rings. The maximum Gasteiger partial charge on any atom is 0.143 e. The molecule has 0 aliphatic rings. The first-order chi connectivity index (χ1) is 6.49. The summed E-state index contributed by atoms with van der Waals surface area (Å²) in [4.78, 5) is 0. The van der Waals surface area contributed by atoms with E-state index in [1.165, 1.54) is 0 Å². The monoisotopic (exact) mass is 260 g/mol. The first kappa shape index (κ1) is 11.7. The van der Waals surface area contributed by atoms with E-state index in [4.69, 9.17) is 0 Å². The molecule has 0 radical (unpaired) electrons. The van der Waals surface area contributed by atoms with E-state index in [2.05, 4.69) is 15.9 Å². The van der Waals surface area contributed by atoms with Crippen molar-refractivity contribution in [3.8, 4) is 0 Å². The quantitative estimate of drug-likeness (QED) is 0.881. The lowest BCUT2D eigenvalue weighted by molar-refractivity contribution is 0.0432. The van der Waals surface area contributed by atoms with Crippen LogP contribution in [0.3, 0.4) is 0 Å². The van der Waals surface area contributed by atoms with E-state index >= 15 is 0 Å². The van der Waals surface area contributed by atoms with E-state index in [0.717, 1.165) is 6.42 Å². The average Bonchev–Trinajstić information content (AvgIpc) is 2.09. The van der Waals surface area contributed by atoms with Crippen LogP contribution in [0.15, 0.2) is 22.7 Å². The number of rotatable bonds is 3. The van der Waals surface area contributed by atoms with Crippen molar-refractivity contribution in [1.82, 2.24) is 0 Å². The smallest absolute Gasteiger partial charge is 0.143 e. The first-order valence-electron chi connectivity index (χ1n) is 4.66. The van der Waals surface area contributed by atoms with Gasteiger partial charge in [-0.3, -0.25) is 0 Å². The van der Waals surface area contributed by atoms with E-state index < -0.39 is 5.60 Å². The lowest BCUT2D eigenvalue weighted by Gasteiger charge is -2.24. The van der Waals surface area contributed by atoms with Gasteiger partial charge in [0.25, 0.3) is 0 Å². The van der Waals surface area contributed by atoms with Crippen molar-refractivity contribution in [2.24, 2.45) is 0 Å². The predicted octanol–water partition coefficient (Wildman–Crippen LogP) is 3.60. The number of aliphatic hydroxyl groups is 1. The van der Waals surface area contributed by atoms with Gasteiger partial charge in [-0.25, -0.2) is 4.39 Å². The van der Waals surface area contributed by atoms with Crippen LogP contribution >= 0.6 is 15.9 Å². The molecular formula is C11H14BrFO. The Kier molecular flexibility index (Phi) is 3.67. The molecule has 1 unspecified atom stereocenters. The van der Waals surface area contributed by atoms with Crippen LogP contribution in [0.4, 0.5) is 4.39 Å². The van der Waals surface area contributed by atoms with Crippen molar-refractivity contribution >= 4 is 15.9 Å². The van der Waals surface area contributed by atoms with Crippen molar-refractivity contribution in [2.45, 2.75) is 32.3 Å². The molecule has 0 aromatic heterocycles. The van der Waals surface area contributed by atoms with Gasteiger partial charge >= 0.3 is 0 Å². The highest BCUT2D eigenvalue weighted by molar-refractivity contribution is 9.10. The molecule has 0 heterocycles. The molecule has 14 heavy (non-hydrogen) atoms. The van der Waals surface area contributed by atoms with Crippen LogP contribution in [-0.4, -0.2) is 5.11 Å². The third kappa shape index (κ3) is 2.34. The van der Waals surface area contributed by atoms with Gasteiger partial charge in [-0.1, -0.05) is 25.5 Å². The Balaban J connectivity index is 3.12. The van der Waals surface area contributed by atoms with Gasteiger partial charge in [-0.05, 0) is 35.3 Å². The van der Waals surface area contributed by atoms with Crippen LogP contribution in [0.2, 0.25) is 0 Å². The van der Waals surface area contributed by atoms with E-state index in [9.17, 15) is 9.50 Å². The summed E-state index contributed by atoms with van der Waals surface area (Å²) in [6.45, 7) is 3.60. The lowest BCUT2D eigenvalue weighted by atomic mass is 9.91. The van der Waals surface area contributed by atoms with Crippen molar-refractivity contribution < 1.29 is 9.50 Å². The topological polar surface area (TPSA) is 20.2 Å². The van der Waals surface area contributed by atoms with Crippen molar-refractivity contribution in [1.29, 1.82) is 0 Å². The van der Waals surface area contributed by atoms with Gasteiger partial charge in [0.2, 0.25) is 0 Å². The minimum absolute atomic E-state index is 0.355. The molecule has 0 fully saturated rings. The van der Waals surface area contributed by atoms with Crippen LogP contribution in [0, 0.1) is 5.82 Å². The van der Waals surface area contributed by atoms with Gasteiger partial charge in [0.05, 0.1) is 10.1 Å². The zero-order valence-electron chi connectivity index (χ0n) is 8.35. The summed E-state index contributed by atoms with van der Waals surface area (Å²) in [7, 11) is 0. The second kappa shape index (κ2) is 4.41. The maximum atomic E-state index is 13.6. The predicted molar refractivity (Wildman–Crippen MR) is 58.6 cm³/mol. The Labute approximate surface area is 92.1 Å². The third-order valence-corrected chi connectivity index (χ3v) is 2.88. The fourth-order valence-electron chi connectivity index (χ4n) is 1.54. The van der Waals surface area contributed by atoms with Crippen LogP contribution in [0.5, 0.6) is 0 Å². The van der Waals surface area contributed by atoms with E-state index in [0.29, 0.717) is 16.5 Å². The SMILES string of the molecule is CCCC(C)(O)c1cccc(Br)c1F. The second-order valence-corrected chi connectivity index (χ2v) is 4.48. The summed E-state index contributed by atoms with van der Waals surface area (Å²) in [5.74, 6) is -0.369. The number of benzene rings is 1. The minimum atomic E-state index is -1.08. The summed E-state index contributed by atoms with van der Waals surface area (Å²) in [5, 5.41) is 10.0. The molecule has 1 rings (SSSR count). The van der Waals surface area contributed by atoms with E-state index in [1.807, 2.05) is 6.92 Å². The summed E-state index contributed by atoms with van der Waals surface area (Å²) in [6.07, 6.45) is 1.37. The van der Waals surface area contributed by atoms with Gasteiger partial charge in [0.1, 0.15) is 5.82 Å². The average molecular weight is 261 g/mol. The van der Waals surface area contributed by atoms with Gasteiger partial charge in [0, 0.05) is 5.56 Å². The van der Waals surface area contributed by atoms with Crippen LogP contribution in [-0.2, 0) is 5.60 Å². The summed E-state index contributed by atoms with van der Waals surface area (Å²) < 4.78 is 14.0. The third-order valence-electron chi connectivity index (χ3n) is 2.27. The van der Waals surface area contributed by atoms with E-state index in [-0.39, 0.29) is 5.82 Å². The Hall–Kier alpha value is -0.410. The van der Waals surface area contributed by atoms with Gasteiger partial charge < -0.3 is 5.11 Å². The van der Waals surface area contributed by atoms with Crippen molar-refractivity contribution in [3.05, 3.63) is 34.1 Å². The zero-order valence-corrected chi connectivity index (χ0v) is 9.94. The fraction of sp³-hybridized carbons (Fsp3) is 0.455. The fourth-order valence-corrected chi connectivity index (χ4v) is 1.91. The normalized spacial score (nSPS) is 15.2. The molecule has 3 heteroatoms. The first-order valence-corrected chi connectivity index (χ1v) is 5.45. The Morgan fingerprint density at radius 3 is 2.71 bits per heavy atom. The zero-order chi connectivity index (χ0) is 10.8. The molecule has 0 aliphatic carbocycles. The van der Waals surface area contributed by atoms with Crippen molar-refractivity contribution in [3.63, 3.8) is 0 Å². The highest BCUT2D eigenvalue weighted by Crippen LogP contribution is 2.31. The summed E-state index contributed by atoms with van der Waals surface area (Å²) >= 11 is 3.10. The number of hydrogen-bond acceptors (Lipinski definition) is 1. The summed E-state index contributed by atoms with van der Waals surface area (Å²) in [6, 6.07) is 4.98. The van der Waals surface area contributed by atoms with Crippen LogP contribution in [0.25, 0.3) is 0 Å². The Morgan fingerprint density at radius 2 is 2.14 bits per heavy atom. The molecule has 0 saturated carbocycles.